The molecule has 0 amide bonds. The van der Waals surface area contributed by atoms with Crippen molar-refractivity contribution < 1.29 is 34.3 Å². The van der Waals surface area contributed by atoms with Gasteiger partial charge in [-0.25, -0.2) is 0 Å². The van der Waals surface area contributed by atoms with Gasteiger partial charge in [-0.05, 0) is 41.8 Å². The number of benzene rings is 2. The maximum Gasteiger partial charge on any atom is 0.160 e. The monoisotopic (exact) mass is 390 g/mol. The van der Waals surface area contributed by atoms with Gasteiger partial charge in [-0.3, -0.25) is 0 Å². The third-order valence-corrected chi connectivity index (χ3v) is 5.25. The molecular weight excluding hydrogens is 364 g/mol. The summed E-state index contributed by atoms with van der Waals surface area (Å²) in [5.74, 6) is 0.450. The Morgan fingerprint density at radius 1 is 1.00 bits per heavy atom. The first-order valence-electron chi connectivity index (χ1n) is 9.03. The molecule has 0 aromatic heterocycles. The van der Waals surface area contributed by atoms with Crippen molar-refractivity contribution in [2.75, 3.05) is 27.9 Å². The van der Waals surface area contributed by atoms with Gasteiger partial charge in [-0.1, -0.05) is 12.1 Å². The summed E-state index contributed by atoms with van der Waals surface area (Å²) in [5, 5.41) is 30.6. The first kappa shape index (κ1) is 20.3. The van der Waals surface area contributed by atoms with E-state index in [1.54, 1.807) is 31.4 Å². The normalized spacial score (nSPS) is 22.8. The lowest BCUT2D eigenvalue weighted by Gasteiger charge is -2.26. The predicted molar refractivity (Wildman–Crippen MR) is 102 cm³/mol. The standard InChI is InChI=1S/C21H26O7/c1-25-18-9-12(4-6-16(18)22)8-14-15(11-28-21(14)27-3)20(24)13-5-7-17(23)19(10-13)26-2/h4-7,9-10,14-15,20-24H,8,11H2,1-3H3/t14-,15+,20-,21-/m1/s1. The minimum atomic E-state index is -0.821. The average molecular weight is 390 g/mol. The van der Waals surface area contributed by atoms with Crippen molar-refractivity contribution in [3.8, 4) is 23.0 Å². The molecule has 7 heteroatoms. The Bertz CT molecular complexity index is 807. The quantitative estimate of drug-likeness (QED) is 0.669. The van der Waals surface area contributed by atoms with E-state index in [0.29, 0.717) is 30.1 Å². The summed E-state index contributed by atoms with van der Waals surface area (Å²) in [6.07, 6.45) is -0.705. The summed E-state index contributed by atoms with van der Waals surface area (Å²) in [5.41, 5.74) is 1.57. The van der Waals surface area contributed by atoms with Gasteiger partial charge >= 0.3 is 0 Å². The van der Waals surface area contributed by atoms with Crippen molar-refractivity contribution in [2.45, 2.75) is 18.8 Å². The molecule has 3 N–H and O–H groups in total. The highest BCUT2D eigenvalue weighted by Crippen LogP contribution is 2.41. The van der Waals surface area contributed by atoms with E-state index in [1.807, 2.05) is 6.07 Å². The van der Waals surface area contributed by atoms with Crippen LogP contribution in [0.3, 0.4) is 0 Å². The number of hydrogen-bond acceptors (Lipinski definition) is 7. The van der Waals surface area contributed by atoms with Gasteiger partial charge in [0.2, 0.25) is 0 Å². The molecule has 28 heavy (non-hydrogen) atoms. The van der Waals surface area contributed by atoms with E-state index in [0.717, 1.165) is 5.56 Å². The predicted octanol–water partition coefficient (Wildman–Crippen LogP) is 2.63. The lowest BCUT2D eigenvalue weighted by atomic mass is 9.82. The Morgan fingerprint density at radius 3 is 2.29 bits per heavy atom. The molecule has 2 aromatic rings. The molecule has 0 bridgehead atoms. The van der Waals surface area contributed by atoms with Crippen LogP contribution in [0.5, 0.6) is 23.0 Å². The third-order valence-electron chi connectivity index (χ3n) is 5.25. The summed E-state index contributed by atoms with van der Waals surface area (Å²) in [7, 11) is 4.54. The number of methoxy groups -OCH3 is 3. The van der Waals surface area contributed by atoms with E-state index in [1.165, 1.54) is 20.3 Å². The maximum absolute atomic E-state index is 11.0. The number of aromatic hydroxyl groups is 2. The van der Waals surface area contributed by atoms with Gasteiger partial charge in [0.1, 0.15) is 0 Å². The van der Waals surface area contributed by atoms with Gasteiger partial charge in [-0.15, -0.1) is 0 Å². The summed E-state index contributed by atoms with van der Waals surface area (Å²) in [6, 6.07) is 9.97. The Morgan fingerprint density at radius 2 is 1.64 bits per heavy atom. The molecule has 4 atom stereocenters. The van der Waals surface area contributed by atoms with Crippen LogP contribution in [-0.2, 0) is 15.9 Å². The van der Waals surface area contributed by atoms with E-state index < -0.39 is 12.4 Å². The van der Waals surface area contributed by atoms with Crippen LogP contribution >= 0.6 is 0 Å². The third kappa shape index (κ3) is 4.01. The number of rotatable bonds is 7. The molecule has 0 saturated carbocycles. The van der Waals surface area contributed by atoms with Crippen LogP contribution in [0.25, 0.3) is 0 Å². The van der Waals surface area contributed by atoms with E-state index in [9.17, 15) is 15.3 Å². The lowest BCUT2D eigenvalue weighted by Crippen LogP contribution is -2.28. The molecule has 1 saturated heterocycles. The zero-order valence-electron chi connectivity index (χ0n) is 16.2. The second-order valence-electron chi connectivity index (χ2n) is 6.85. The fraction of sp³-hybridized carbons (Fsp3) is 0.429. The maximum atomic E-state index is 11.0. The Kier molecular flexibility index (Phi) is 6.28. The SMILES string of the molecule is COc1cc(C[C@H]2[C@H](OC)OC[C@@H]2[C@H](O)c2ccc(O)c(OC)c2)ccc1O. The molecule has 1 heterocycles. The second kappa shape index (κ2) is 8.68. The Labute approximate surface area is 164 Å². The topological polar surface area (TPSA) is 97.6 Å². The smallest absolute Gasteiger partial charge is 0.160 e. The summed E-state index contributed by atoms with van der Waals surface area (Å²) in [6.45, 7) is 0.336. The van der Waals surface area contributed by atoms with Crippen LogP contribution in [0.2, 0.25) is 0 Å². The molecule has 0 radical (unpaired) electrons. The molecule has 0 aliphatic carbocycles. The number of phenolic OH excluding ortho intramolecular Hbond substituents is 2. The molecule has 7 nitrogen and oxygen atoms in total. The van der Waals surface area contributed by atoms with Crippen LogP contribution in [-0.4, -0.2) is 49.5 Å². The van der Waals surface area contributed by atoms with E-state index in [2.05, 4.69) is 0 Å². The van der Waals surface area contributed by atoms with Gasteiger partial charge in [0.25, 0.3) is 0 Å². The number of hydrogen-bond donors (Lipinski definition) is 3. The van der Waals surface area contributed by atoms with E-state index in [4.69, 9.17) is 18.9 Å². The highest BCUT2D eigenvalue weighted by molar-refractivity contribution is 5.43. The van der Waals surface area contributed by atoms with Crippen LogP contribution in [0.15, 0.2) is 36.4 Å². The molecule has 0 unspecified atom stereocenters. The average Bonchev–Trinajstić information content (AvgIpc) is 3.11. The number of aliphatic hydroxyl groups is 1. The summed E-state index contributed by atoms with van der Waals surface area (Å²) in [4.78, 5) is 0. The Balaban J connectivity index is 1.85. The first-order valence-corrected chi connectivity index (χ1v) is 9.03. The fourth-order valence-corrected chi connectivity index (χ4v) is 3.72. The molecular formula is C21H26O7. The van der Waals surface area contributed by atoms with Crippen LogP contribution in [0, 0.1) is 11.8 Å². The minimum absolute atomic E-state index is 0.0172. The van der Waals surface area contributed by atoms with Crippen LogP contribution < -0.4 is 9.47 Å². The molecule has 0 spiro atoms. The van der Waals surface area contributed by atoms with Gasteiger partial charge in [0.05, 0.1) is 26.9 Å². The van der Waals surface area contributed by atoms with Crippen molar-refractivity contribution in [3.63, 3.8) is 0 Å². The second-order valence-corrected chi connectivity index (χ2v) is 6.85. The van der Waals surface area contributed by atoms with Crippen molar-refractivity contribution in [3.05, 3.63) is 47.5 Å². The summed E-state index contributed by atoms with van der Waals surface area (Å²) >= 11 is 0. The molecule has 1 aliphatic heterocycles. The van der Waals surface area contributed by atoms with Crippen LogP contribution in [0.1, 0.15) is 17.2 Å². The number of phenols is 2. The van der Waals surface area contributed by atoms with Crippen molar-refractivity contribution in [1.82, 2.24) is 0 Å². The highest BCUT2D eigenvalue weighted by atomic mass is 16.7. The fourth-order valence-electron chi connectivity index (χ4n) is 3.72. The largest absolute Gasteiger partial charge is 0.504 e. The molecule has 2 aromatic carbocycles. The highest BCUT2D eigenvalue weighted by Gasteiger charge is 2.42. The van der Waals surface area contributed by atoms with Crippen molar-refractivity contribution >= 4 is 0 Å². The van der Waals surface area contributed by atoms with Crippen LogP contribution in [0.4, 0.5) is 0 Å². The van der Waals surface area contributed by atoms with Gasteiger partial charge in [0, 0.05) is 18.9 Å². The summed E-state index contributed by atoms with van der Waals surface area (Å²) < 4.78 is 21.6. The van der Waals surface area contributed by atoms with Gasteiger partial charge in [0.15, 0.2) is 29.3 Å². The number of ether oxygens (including phenoxy) is 4. The molecule has 1 aliphatic rings. The van der Waals surface area contributed by atoms with Gasteiger partial charge < -0.3 is 34.3 Å². The molecule has 152 valence electrons. The lowest BCUT2D eigenvalue weighted by molar-refractivity contribution is -0.110. The zero-order valence-corrected chi connectivity index (χ0v) is 16.2. The van der Waals surface area contributed by atoms with Gasteiger partial charge in [-0.2, -0.15) is 0 Å². The van der Waals surface area contributed by atoms with E-state index in [-0.39, 0.29) is 23.3 Å². The van der Waals surface area contributed by atoms with Crippen molar-refractivity contribution in [2.24, 2.45) is 11.8 Å². The minimum Gasteiger partial charge on any atom is -0.504 e. The molecule has 3 rings (SSSR count). The first-order chi connectivity index (χ1) is 13.5. The zero-order chi connectivity index (χ0) is 20.3. The number of aliphatic hydroxyl groups excluding tert-OH is 1. The molecule has 1 fully saturated rings. The van der Waals surface area contributed by atoms with Crippen molar-refractivity contribution in [1.29, 1.82) is 0 Å². The van der Waals surface area contributed by atoms with E-state index >= 15 is 0 Å². The Hall–Kier alpha value is -2.48.